The van der Waals surface area contributed by atoms with E-state index in [1.807, 2.05) is 0 Å². The van der Waals surface area contributed by atoms with E-state index in [1.54, 1.807) is 43.3 Å². The van der Waals surface area contributed by atoms with E-state index in [2.05, 4.69) is 5.32 Å². The molecule has 0 saturated heterocycles. The van der Waals surface area contributed by atoms with Gasteiger partial charge in [-0.15, -0.1) is 0 Å². The molecule has 1 heterocycles. The zero-order valence-electron chi connectivity index (χ0n) is 16.3. The maximum Gasteiger partial charge on any atom is 0.264 e. The Morgan fingerprint density at radius 2 is 1.68 bits per heavy atom. The van der Waals surface area contributed by atoms with E-state index in [9.17, 15) is 17.6 Å². The van der Waals surface area contributed by atoms with E-state index < -0.39 is 15.8 Å². The maximum absolute atomic E-state index is 13.2. The quantitative estimate of drug-likeness (QED) is 0.536. The van der Waals surface area contributed by atoms with Crippen molar-refractivity contribution < 1.29 is 17.6 Å². The normalized spacial score (nSPS) is 15.6. The second-order valence-corrected chi connectivity index (χ2v) is 9.95. The molecule has 0 spiro atoms. The van der Waals surface area contributed by atoms with Crippen molar-refractivity contribution in [1.29, 1.82) is 0 Å². The molecule has 160 valence electrons. The fourth-order valence-corrected chi connectivity index (χ4v) is 5.88. The summed E-state index contributed by atoms with van der Waals surface area (Å²) >= 11 is 11.9. The van der Waals surface area contributed by atoms with Gasteiger partial charge in [0.25, 0.3) is 15.9 Å². The van der Waals surface area contributed by atoms with Crippen LogP contribution in [0.4, 0.5) is 15.8 Å². The van der Waals surface area contributed by atoms with Crippen LogP contribution in [0.25, 0.3) is 0 Å². The minimum Gasteiger partial charge on any atom is -0.322 e. The summed E-state index contributed by atoms with van der Waals surface area (Å²) in [5.74, 6) is -0.876. The van der Waals surface area contributed by atoms with Gasteiger partial charge < -0.3 is 5.32 Å². The Bertz CT molecular complexity index is 1260. The summed E-state index contributed by atoms with van der Waals surface area (Å²) in [5.41, 5.74) is 2.06. The summed E-state index contributed by atoms with van der Waals surface area (Å²) < 4.78 is 40.8. The van der Waals surface area contributed by atoms with Crippen LogP contribution < -0.4 is 9.62 Å². The fraction of sp³-hybridized carbons (Fsp3) is 0.136. The highest BCUT2D eigenvalue weighted by atomic mass is 35.5. The van der Waals surface area contributed by atoms with Crippen molar-refractivity contribution >= 4 is 50.5 Å². The van der Waals surface area contributed by atoms with Gasteiger partial charge in [-0.05, 0) is 79.6 Å². The highest BCUT2D eigenvalue weighted by Crippen LogP contribution is 2.37. The second kappa shape index (κ2) is 8.15. The summed E-state index contributed by atoms with van der Waals surface area (Å²) in [6.45, 7) is 1.79. The molecule has 1 aliphatic rings. The number of anilines is 2. The summed E-state index contributed by atoms with van der Waals surface area (Å²) in [5, 5.41) is 3.53. The monoisotopic (exact) mass is 478 g/mol. The fourth-order valence-electron chi connectivity index (χ4n) is 3.66. The summed E-state index contributed by atoms with van der Waals surface area (Å²) in [4.78, 5) is 12.7. The van der Waals surface area contributed by atoms with Gasteiger partial charge in [0.1, 0.15) is 5.82 Å². The van der Waals surface area contributed by atoms with Crippen LogP contribution in [0.3, 0.4) is 0 Å². The molecule has 3 aromatic carbocycles. The van der Waals surface area contributed by atoms with Crippen LogP contribution in [0.5, 0.6) is 0 Å². The minimum atomic E-state index is -3.87. The van der Waals surface area contributed by atoms with Crippen molar-refractivity contribution in [2.75, 3.05) is 9.62 Å². The van der Waals surface area contributed by atoms with E-state index in [4.69, 9.17) is 23.2 Å². The third-order valence-electron chi connectivity index (χ3n) is 4.99. The molecule has 1 atom stereocenters. The first-order valence-electron chi connectivity index (χ1n) is 9.35. The predicted octanol–water partition coefficient (Wildman–Crippen LogP) is 5.52. The molecule has 5 nitrogen and oxygen atoms in total. The van der Waals surface area contributed by atoms with Gasteiger partial charge in [-0.1, -0.05) is 23.2 Å². The molecule has 0 saturated carbocycles. The van der Waals surface area contributed by atoms with Crippen LogP contribution in [0, 0.1) is 5.82 Å². The Kier molecular flexibility index (Phi) is 5.68. The molecule has 3 aromatic rings. The van der Waals surface area contributed by atoms with Gasteiger partial charge in [-0.25, -0.2) is 12.8 Å². The van der Waals surface area contributed by atoms with Crippen LogP contribution in [0.2, 0.25) is 10.0 Å². The van der Waals surface area contributed by atoms with Crippen LogP contribution in [-0.4, -0.2) is 20.4 Å². The predicted molar refractivity (Wildman–Crippen MR) is 120 cm³/mol. The molecule has 1 N–H and O–H groups in total. The Morgan fingerprint density at radius 3 is 2.32 bits per heavy atom. The molecule has 0 aromatic heterocycles. The Balaban J connectivity index is 1.63. The van der Waals surface area contributed by atoms with E-state index in [0.717, 1.165) is 17.7 Å². The second-order valence-electron chi connectivity index (χ2n) is 7.26. The average molecular weight is 479 g/mol. The summed E-state index contributed by atoms with van der Waals surface area (Å²) in [7, 11) is -3.87. The number of hydrogen-bond donors (Lipinski definition) is 1. The standard InChI is InChI=1S/C22H17Cl2FN2O3S/c1-13-8-15-9-14(22(28)26-19-11-16(23)10-17(24)12-19)2-7-21(15)27(13)31(29,30)20-5-3-18(25)4-6-20/h2-7,9-13H,8H2,1H3,(H,26,28)/t13-/m1/s1. The summed E-state index contributed by atoms with van der Waals surface area (Å²) in [6.07, 6.45) is 0.444. The first kappa shape index (κ1) is 21.6. The molecule has 0 unspecified atom stereocenters. The van der Waals surface area contributed by atoms with Crippen molar-refractivity contribution in [3.63, 3.8) is 0 Å². The van der Waals surface area contributed by atoms with Crippen LogP contribution in [-0.2, 0) is 16.4 Å². The van der Waals surface area contributed by atoms with Gasteiger partial charge in [0, 0.05) is 27.3 Å². The molecule has 1 amide bonds. The SMILES string of the molecule is C[C@@H]1Cc2cc(C(=O)Nc3cc(Cl)cc(Cl)c3)ccc2N1S(=O)(=O)c1ccc(F)cc1. The molecule has 0 fully saturated rings. The number of carbonyl (C=O) groups excluding carboxylic acids is 1. The number of hydrogen-bond acceptors (Lipinski definition) is 3. The van der Waals surface area contributed by atoms with Crippen LogP contribution in [0.15, 0.2) is 65.6 Å². The average Bonchev–Trinajstić information content (AvgIpc) is 3.03. The Hall–Kier alpha value is -2.61. The number of sulfonamides is 1. The molecular weight excluding hydrogens is 462 g/mol. The third-order valence-corrected chi connectivity index (χ3v) is 7.36. The van der Waals surface area contributed by atoms with Crippen molar-refractivity contribution in [2.24, 2.45) is 0 Å². The van der Waals surface area contributed by atoms with Crippen molar-refractivity contribution in [1.82, 2.24) is 0 Å². The summed E-state index contributed by atoms with van der Waals surface area (Å²) in [6, 6.07) is 13.9. The number of rotatable bonds is 4. The topological polar surface area (TPSA) is 66.5 Å². The molecule has 31 heavy (non-hydrogen) atoms. The lowest BCUT2D eigenvalue weighted by Gasteiger charge is -2.24. The van der Waals surface area contributed by atoms with E-state index in [1.165, 1.54) is 16.4 Å². The number of amides is 1. The lowest BCUT2D eigenvalue weighted by molar-refractivity contribution is 0.102. The molecule has 9 heteroatoms. The van der Waals surface area contributed by atoms with Gasteiger partial charge in [0.05, 0.1) is 10.6 Å². The molecule has 1 aliphatic heterocycles. The minimum absolute atomic E-state index is 0.00764. The lowest BCUT2D eigenvalue weighted by atomic mass is 10.1. The van der Waals surface area contributed by atoms with E-state index >= 15 is 0 Å². The van der Waals surface area contributed by atoms with Crippen LogP contribution in [0.1, 0.15) is 22.8 Å². The molecule has 0 radical (unpaired) electrons. The van der Waals surface area contributed by atoms with Gasteiger partial charge in [0.2, 0.25) is 0 Å². The van der Waals surface area contributed by atoms with Gasteiger partial charge >= 0.3 is 0 Å². The number of fused-ring (bicyclic) bond motifs is 1. The van der Waals surface area contributed by atoms with E-state index in [0.29, 0.717) is 33.4 Å². The molecular formula is C22H17Cl2FN2O3S. The number of nitrogens with zero attached hydrogens (tertiary/aromatic N) is 1. The number of carbonyl (C=O) groups is 1. The first-order chi connectivity index (χ1) is 14.6. The Labute approximate surface area is 189 Å². The molecule has 4 rings (SSSR count). The smallest absolute Gasteiger partial charge is 0.264 e. The largest absolute Gasteiger partial charge is 0.322 e. The van der Waals surface area contributed by atoms with Crippen molar-refractivity contribution in [3.05, 3.63) is 87.7 Å². The maximum atomic E-state index is 13.2. The lowest BCUT2D eigenvalue weighted by Crippen LogP contribution is -2.35. The molecule has 0 bridgehead atoms. The Morgan fingerprint density at radius 1 is 1.03 bits per heavy atom. The number of nitrogens with one attached hydrogen (secondary N) is 1. The third kappa shape index (κ3) is 4.26. The highest BCUT2D eigenvalue weighted by molar-refractivity contribution is 7.92. The van der Waals surface area contributed by atoms with Crippen molar-refractivity contribution in [2.45, 2.75) is 24.3 Å². The molecule has 0 aliphatic carbocycles. The highest BCUT2D eigenvalue weighted by Gasteiger charge is 2.36. The number of halogens is 3. The van der Waals surface area contributed by atoms with E-state index in [-0.39, 0.29) is 16.8 Å². The van der Waals surface area contributed by atoms with Crippen molar-refractivity contribution in [3.8, 4) is 0 Å². The van der Waals surface area contributed by atoms with Crippen LogP contribution >= 0.6 is 23.2 Å². The van der Waals surface area contributed by atoms with Gasteiger partial charge in [0.15, 0.2) is 0 Å². The van der Waals surface area contributed by atoms with Gasteiger partial charge in [-0.3, -0.25) is 9.10 Å². The number of benzene rings is 3. The zero-order valence-corrected chi connectivity index (χ0v) is 18.6. The zero-order chi connectivity index (χ0) is 22.3. The van der Waals surface area contributed by atoms with Gasteiger partial charge in [-0.2, -0.15) is 0 Å². The first-order valence-corrected chi connectivity index (χ1v) is 11.5.